The summed E-state index contributed by atoms with van der Waals surface area (Å²) in [6, 6.07) is 3.96. The van der Waals surface area contributed by atoms with Crippen LogP contribution in [0.2, 0.25) is 0 Å². The second-order valence-corrected chi connectivity index (χ2v) is 5.99. The van der Waals surface area contributed by atoms with E-state index in [9.17, 15) is 0 Å². The summed E-state index contributed by atoms with van der Waals surface area (Å²) in [7, 11) is 0. The molecule has 0 N–H and O–H groups in total. The van der Waals surface area contributed by atoms with Gasteiger partial charge < -0.3 is 18.9 Å². The van der Waals surface area contributed by atoms with Crippen molar-refractivity contribution in [3.8, 4) is 17.2 Å². The van der Waals surface area contributed by atoms with E-state index in [1.54, 1.807) is 0 Å². The zero-order valence-electron chi connectivity index (χ0n) is 11.3. The predicted octanol–water partition coefficient (Wildman–Crippen LogP) is 3.05. The van der Waals surface area contributed by atoms with Crippen molar-refractivity contribution < 1.29 is 18.9 Å². The molecule has 102 valence electrons. The van der Waals surface area contributed by atoms with Gasteiger partial charge in [0.05, 0.1) is 6.10 Å². The van der Waals surface area contributed by atoms with Gasteiger partial charge in [0.1, 0.15) is 11.4 Å². The number of ether oxygens (including phenoxy) is 4. The first-order valence-corrected chi connectivity index (χ1v) is 6.89. The lowest BCUT2D eigenvalue weighted by atomic mass is 9.76. The molecule has 4 heteroatoms. The molecule has 4 nitrogen and oxygen atoms in total. The van der Waals surface area contributed by atoms with Crippen LogP contribution in [-0.4, -0.2) is 19.0 Å². The Morgan fingerprint density at radius 3 is 2.74 bits per heavy atom. The third kappa shape index (κ3) is 1.62. The van der Waals surface area contributed by atoms with Gasteiger partial charge in [-0.25, -0.2) is 0 Å². The second kappa shape index (κ2) is 3.79. The van der Waals surface area contributed by atoms with Crippen LogP contribution in [0.3, 0.4) is 0 Å². The van der Waals surface area contributed by atoms with Gasteiger partial charge in [0.15, 0.2) is 11.5 Å². The van der Waals surface area contributed by atoms with Crippen molar-refractivity contribution in [3.05, 3.63) is 17.7 Å². The summed E-state index contributed by atoms with van der Waals surface area (Å²) in [5.41, 5.74) is 0.902. The molecule has 3 aliphatic heterocycles. The van der Waals surface area contributed by atoms with E-state index in [1.165, 1.54) is 0 Å². The molecule has 2 atom stereocenters. The topological polar surface area (TPSA) is 36.9 Å². The number of hydrogen-bond donors (Lipinski definition) is 0. The molecule has 19 heavy (non-hydrogen) atoms. The fraction of sp³-hybridized carbons (Fsp3) is 0.600. The van der Waals surface area contributed by atoms with Crippen molar-refractivity contribution >= 4 is 0 Å². The maximum atomic E-state index is 6.20. The first-order valence-electron chi connectivity index (χ1n) is 6.89. The molecule has 0 aliphatic carbocycles. The summed E-state index contributed by atoms with van der Waals surface area (Å²) in [6.45, 7) is 5.40. The first-order chi connectivity index (χ1) is 9.15. The molecule has 0 bridgehead atoms. The molecule has 3 aliphatic rings. The van der Waals surface area contributed by atoms with E-state index in [4.69, 9.17) is 18.9 Å². The quantitative estimate of drug-likeness (QED) is 0.720. The van der Waals surface area contributed by atoms with Gasteiger partial charge in [0, 0.05) is 24.2 Å². The lowest BCUT2D eigenvalue weighted by molar-refractivity contribution is -0.116. The molecule has 1 aromatic rings. The Kier molecular flexibility index (Phi) is 2.28. The standard InChI is InChI=1S/C15H18O4/c1-15(2)10-4-3-5-16-14(10)9-6-12-13(18-8-17-12)7-11(9)19-15/h6-7,10,14H,3-5,8H2,1-2H3/t10-,14+/m1/s1. The number of hydrogen-bond acceptors (Lipinski definition) is 4. The maximum Gasteiger partial charge on any atom is 0.231 e. The van der Waals surface area contributed by atoms with Gasteiger partial charge in [-0.05, 0) is 32.8 Å². The SMILES string of the molecule is CC1(C)Oc2cc3c(cc2[C@@H]2OCCC[C@H]21)OCO3. The van der Waals surface area contributed by atoms with E-state index < -0.39 is 0 Å². The predicted molar refractivity (Wildman–Crippen MR) is 68.7 cm³/mol. The van der Waals surface area contributed by atoms with Gasteiger partial charge in [-0.1, -0.05) is 0 Å². The van der Waals surface area contributed by atoms with Gasteiger partial charge >= 0.3 is 0 Å². The van der Waals surface area contributed by atoms with Crippen LogP contribution < -0.4 is 14.2 Å². The van der Waals surface area contributed by atoms with E-state index in [1.807, 2.05) is 12.1 Å². The van der Waals surface area contributed by atoms with Gasteiger partial charge in [0.2, 0.25) is 6.79 Å². The Morgan fingerprint density at radius 2 is 1.89 bits per heavy atom. The fourth-order valence-corrected chi connectivity index (χ4v) is 3.41. The molecule has 0 radical (unpaired) electrons. The van der Waals surface area contributed by atoms with Crippen LogP contribution in [0.4, 0.5) is 0 Å². The molecule has 1 saturated heterocycles. The minimum absolute atomic E-state index is 0.113. The summed E-state index contributed by atoms with van der Waals surface area (Å²) in [5, 5.41) is 0. The summed E-state index contributed by atoms with van der Waals surface area (Å²) < 4.78 is 23.1. The van der Waals surface area contributed by atoms with Gasteiger partial charge in [0.25, 0.3) is 0 Å². The zero-order valence-corrected chi connectivity index (χ0v) is 11.3. The van der Waals surface area contributed by atoms with Crippen molar-refractivity contribution in [2.75, 3.05) is 13.4 Å². The Hall–Kier alpha value is -1.42. The summed E-state index contributed by atoms with van der Waals surface area (Å²) in [6.07, 6.45) is 2.36. The molecule has 4 rings (SSSR count). The van der Waals surface area contributed by atoms with Crippen molar-refractivity contribution in [1.82, 2.24) is 0 Å². The molecule has 1 fully saturated rings. The highest BCUT2D eigenvalue weighted by Crippen LogP contribution is 2.52. The number of benzene rings is 1. The molecule has 3 heterocycles. The van der Waals surface area contributed by atoms with Gasteiger partial charge in [-0.2, -0.15) is 0 Å². The van der Waals surface area contributed by atoms with Crippen LogP contribution in [0.15, 0.2) is 12.1 Å². The Balaban J connectivity index is 1.84. The van der Waals surface area contributed by atoms with Crippen LogP contribution in [0.25, 0.3) is 0 Å². The van der Waals surface area contributed by atoms with Crippen LogP contribution in [0, 0.1) is 5.92 Å². The highest BCUT2D eigenvalue weighted by atomic mass is 16.7. The molecular formula is C15H18O4. The number of rotatable bonds is 0. The normalized spacial score (nSPS) is 30.2. The van der Waals surface area contributed by atoms with E-state index in [-0.39, 0.29) is 18.5 Å². The molecule has 0 amide bonds. The van der Waals surface area contributed by atoms with Gasteiger partial charge in [-0.3, -0.25) is 0 Å². The van der Waals surface area contributed by atoms with E-state index in [0.29, 0.717) is 5.92 Å². The molecular weight excluding hydrogens is 244 g/mol. The average Bonchev–Trinajstić information content (AvgIpc) is 2.84. The molecule has 0 saturated carbocycles. The monoisotopic (exact) mass is 262 g/mol. The molecule has 0 spiro atoms. The summed E-state index contributed by atoms with van der Waals surface area (Å²) >= 11 is 0. The first kappa shape index (κ1) is 11.4. The molecule has 1 aromatic carbocycles. The van der Waals surface area contributed by atoms with Crippen molar-refractivity contribution in [1.29, 1.82) is 0 Å². The zero-order chi connectivity index (χ0) is 13.0. The summed E-state index contributed by atoms with van der Waals surface area (Å²) in [5.74, 6) is 2.84. The number of fused-ring (bicyclic) bond motifs is 4. The maximum absolute atomic E-state index is 6.20. The second-order valence-electron chi connectivity index (χ2n) is 5.99. The Morgan fingerprint density at radius 1 is 1.11 bits per heavy atom. The smallest absolute Gasteiger partial charge is 0.231 e. The third-order valence-corrected chi connectivity index (χ3v) is 4.40. The van der Waals surface area contributed by atoms with E-state index in [0.717, 1.165) is 42.3 Å². The lowest BCUT2D eigenvalue weighted by Crippen LogP contribution is -2.47. The van der Waals surface area contributed by atoms with Crippen LogP contribution in [-0.2, 0) is 4.74 Å². The molecule has 0 aromatic heterocycles. The highest BCUT2D eigenvalue weighted by Gasteiger charge is 2.46. The van der Waals surface area contributed by atoms with Gasteiger partial charge in [-0.15, -0.1) is 0 Å². The third-order valence-electron chi connectivity index (χ3n) is 4.40. The van der Waals surface area contributed by atoms with E-state index >= 15 is 0 Å². The summed E-state index contributed by atoms with van der Waals surface area (Å²) in [4.78, 5) is 0. The fourth-order valence-electron chi connectivity index (χ4n) is 3.41. The molecule has 0 unspecified atom stereocenters. The Labute approximate surface area is 112 Å². The minimum Gasteiger partial charge on any atom is -0.487 e. The van der Waals surface area contributed by atoms with Crippen LogP contribution >= 0.6 is 0 Å². The highest BCUT2D eigenvalue weighted by molar-refractivity contribution is 5.54. The average molecular weight is 262 g/mol. The largest absolute Gasteiger partial charge is 0.487 e. The van der Waals surface area contributed by atoms with Crippen LogP contribution in [0.1, 0.15) is 38.4 Å². The van der Waals surface area contributed by atoms with Crippen molar-refractivity contribution in [2.45, 2.75) is 38.4 Å². The van der Waals surface area contributed by atoms with Crippen LogP contribution in [0.5, 0.6) is 17.2 Å². The van der Waals surface area contributed by atoms with Crippen molar-refractivity contribution in [2.24, 2.45) is 5.92 Å². The van der Waals surface area contributed by atoms with E-state index in [2.05, 4.69) is 13.8 Å². The lowest BCUT2D eigenvalue weighted by Gasteiger charge is -2.46. The minimum atomic E-state index is -0.203. The van der Waals surface area contributed by atoms with Crippen molar-refractivity contribution in [3.63, 3.8) is 0 Å². The Bertz CT molecular complexity index is 523.